The molecule has 2 aromatic carbocycles. The smallest absolute Gasteiger partial charge is 0.269 e. The number of aliphatic imine (C=N–C) groups is 1. The summed E-state index contributed by atoms with van der Waals surface area (Å²) in [6.07, 6.45) is 1.09. The van der Waals surface area contributed by atoms with E-state index in [4.69, 9.17) is 4.74 Å². The van der Waals surface area contributed by atoms with E-state index in [0.717, 1.165) is 37.8 Å². The molecule has 0 saturated carbocycles. The van der Waals surface area contributed by atoms with Gasteiger partial charge in [0.05, 0.1) is 18.1 Å². The van der Waals surface area contributed by atoms with Gasteiger partial charge < -0.3 is 20.3 Å². The summed E-state index contributed by atoms with van der Waals surface area (Å²) in [6, 6.07) is 16.7. The third kappa shape index (κ3) is 6.45. The highest BCUT2D eigenvalue weighted by molar-refractivity contribution is 5.80. The zero-order valence-corrected chi connectivity index (χ0v) is 17.3. The summed E-state index contributed by atoms with van der Waals surface area (Å²) in [7, 11) is 1.80. The summed E-state index contributed by atoms with van der Waals surface area (Å²) in [5.74, 6) is 1.40. The molecule has 1 aliphatic heterocycles. The predicted octanol–water partition coefficient (Wildman–Crippen LogP) is 3.12. The lowest BCUT2D eigenvalue weighted by Gasteiger charge is -2.22. The molecular weight excluding hydrogens is 382 g/mol. The van der Waals surface area contributed by atoms with Crippen LogP contribution in [0.15, 0.2) is 59.6 Å². The quantitative estimate of drug-likeness (QED) is 0.217. The van der Waals surface area contributed by atoms with Crippen molar-refractivity contribution in [3.63, 3.8) is 0 Å². The topological polar surface area (TPSA) is 92.0 Å². The second kappa shape index (κ2) is 11.2. The van der Waals surface area contributed by atoms with Crippen LogP contribution in [0.2, 0.25) is 0 Å². The Kier molecular flexibility index (Phi) is 8.02. The Morgan fingerprint density at radius 2 is 1.97 bits per heavy atom. The Bertz CT molecular complexity index is 826. The molecule has 1 heterocycles. The maximum atomic E-state index is 10.7. The van der Waals surface area contributed by atoms with E-state index in [1.54, 1.807) is 19.2 Å². The summed E-state index contributed by atoms with van der Waals surface area (Å²) in [5, 5.41) is 17.3. The van der Waals surface area contributed by atoms with E-state index in [1.807, 2.05) is 18.2 Å². The Morgan fingerprint density at radius 1 is 1.20 bits per heavy atom. The van der Waals surface area contributed by atoms with Crippen molar-refractivity contribution in [1.82, 2.24) is 10.2 Å². The number of rotatable bonds is 9. The Morgan fingerprint density at radius 3 is 2.67 bits per heavy atom. The fraction of sp³-hybridized carbons (Fsp3) is 0.409. The van der Waals surface area contributed by atoms with Crippen molar-refractivity contribution in [2.24, 2.45) is 10.9 Å². The number of nitrogens with zero attached hydrogens (tertiary/aromatic N) is 3. The van der Waals surface area contributed by atoms with Gasteiger partial charge in [-0.1, -0.05) is 30.3 Å². The van der Waals surface area contributed by atoms with Crippen LogP contribution >= 0.6 is 0 Å². The van der Waals surface area contributed by atoms with Crippen LogP contribution in [0.5, 0.6) is 0 Å². The summed E-state index contributed by atoms with van der Waals surface area (Å²) in [5.41, 5.74) is 2.15. The predicted molar refractivity (Wildman–Crippen MR) is 119 cm³/mol. The first-order valence-corrected chi connectivity index (χ1v) is 10.2. The fourth-order valence-electron chi connectivity index (χ4n) is 3.49. The minimum Gasteiger partial charge on any atom is -0.383 e. The van der Waals surface area contributed by atoms with Crippen molar-refractivity contribution in [3.8, 4) is 0 Å². The van der Waals surface area contributed by atoms with Crippen LogP contribution in [0.1, 0.15) is 12.0 Å². The normalized spacial score (nSPS) is 16.5. The van der Waals surface area contributed by atoms with Crippen LogP contribution in [-0.4, -0.2) is 55.6 Å². The molecule has 3 rings (SSSR count). The Labute approximate surface area is 177 Å². The number of nitro benzene ring substituents is 1. The lowest BCUT2D eigenvalue weighted by Crippen LogP contribution is -2.42. The van der Waals surface area contributed by atoms with Crippen LogP contribution in [0.3, 0.4) is 0 Å². The molecule has 1 unspecified atom stereocenters. The van der Waals surface area contributed by atoms with Gasteiger partial charge in [-0.15, -0.1) is 0 Å². The van der Waals surface area contributed by atoms with Crippen molar-refractivity contribution in [2.75, 3.05) is 45.2 Å². The van der Waals surface area contributed by atoms with E-state index in [9.17, 15) is 10.1 Å². The van der Waals surface area contributed by atoms with Gasteiger partial charge in [0.2, 0.25) is 0 Å². The van der Waals surface area contributed by atoms with E-state index in [-0.39, 0.29) is 5.69 Å². The van der Waals surface area contributed by atoms with E-state index in [0.29, 0.717) is 25.6 Å². The fourth-order valence-corrected chi connectivity index (χ4v) is 3.49. The molecule has 0 bridgehead atoms. The highest BCUT2D eigenvalue weighted by Gasteiger charge is 2.24. The molecule has 8 heteroatoms. The van der Waals surface area contributed by atoms with Gasteiger partial charge in [0.15, 0.2) is 5.96 Å². The molecule has 2 aromatic rings. The van der Waals surface area contributed by atoms with Gasteiger partial charge in [-0.25, -0.2) is 0 Å². The molecule has 0 aliphatic carbocycles. The molecule has 0 amide bonds. The number of anilines is 1. The molecule has 0 aromatic heterocycles. The standard InChI is InChI=1S/C22H29N5O3/c1-23-22(25-13-12-24-20-7-9-21(10-8-20)27(28)29)26-14-11-19(15-26)17-30-16-18-5-3-2-4-6-18/h2-10,19,24H,11-17H2,1H3,(H,23,25). The second-order valence-electron chi connectivity index (χ2n) is 7.31. The number of ether oxygens (including phenoxy) is 1. The lowest BCUT2D eigenvalue weighted by molar-refractivity contribution is -0.384. The second-order valence-corrected chi connectivity index (χ2v) is 7.31. The first kappa shape index (κ1) is 21.6. The average Bonchev–Trinajstić information content (AvgIpc) is 3.23. The summed E-state index contributed by atoms with van der Waals surface area (Å²) < 4.78 is 5.90. The molecule has 30 heavy (non-hydrogen) atoms. The van der Waals surface area contributed by atoms with E-state index >= 15 is 0 Å². The van der Waals surface area contributed by atoms with Gasteiger partial charge in [-0.3, -0.25) is 15.1 Å². The highest BCUT2D eigenvalue weighted by atomic mass is 16.6. The minimum atomic E-state index is -0.397. The SMILES string of the molecule is CN=C(NCCNc1ccc([N+](=O)[O-])cc1)N1CCC(COCc2ccccc2)C1. The lowest BCUT2D eigenvalue weighted by atomic mass is 10.1. The maximum Gasteiger partial charge on any atom is 0.269 e. The van der Waals surface area contributed by atoms with Gasteiger partial charge in [0.25, 0.3) is 5.69 Å². The van der Waals surface area contributed by atoms with Crippen LogP contribution < -0.4 is 10.6 Å². The Balaban J connectivity index is 1.34. The van der Waals surface area contributed by atoms with Crippen molar-refractivity contribution < 1.29 is 9.66 Å². The van der Waals surface area contributed by atoms with E-state index in [2.05, 4.69) is 32.7 Å². The number of hydrogen-bond acceptors (Lipinski definition) is 5. The summed E-state index contributed by atoms with van der Waals surface area (Å²) in [4.78, 5) is 17.0. The number of nitrogens with one attached hydrogen (secondary N) is 2. The first-order chi connectivity index (χ1) is 14.7. The van der Waals surface area contributed by atoms with Gasteiger partial charge in [0, 0.05) is 57.0 Å². The summed E-state index contributed by atoms with van der Waals surface area (Å²) >= 11 is 0. The van der Waals surface area contributed by atoms with Crippen molar-refractivity contribution in [2.45, 2.75) is 13.0 Å². The number of likely N-dealkylation sites (tertiary alicyclic amines) is 1. The highest BCUT2D eigenvalue weighted by Crippen LogP contribution is 2.17. The van der Waals surface area contributed by atoms with Crippen LogP contribution in [-0.2, 0) is 11.3 Å². The molecule has 1 atom stereocenters. The monoisotopic (exact) mass is 411 g/mol. The van der Waals surface area contributed by atoms with Gasteiger partial charge in [0.1, 0.15) is 0 Å². The minimum absolute atomic E-state index is 0.0930. The van der Waals surface area contributed by atoms with Gasteiger partial charge in [-0.05, 0) is 24.1 Å². The maximum absolute atomic E-state index is 10.7. The van der Waals surface area contributed by atoms with E-state index < -0.39 is 4.92 Å². The number of non-ortho nitro benzene ring substituents is 1. The average molecular weight is 412 g/mol. The molecule has 1 fully saturated rings. The molecule has 1 saturated heterocycles. The summed E-state index contributed by atoms with van der Waals surface area (Å²) in [6.45, 7) is 4.70. The third-order valence-corrected chi connectivity index (χ3v) is 5.08. The first-order valence-electron chi connectivity index (χ1n) is 10.2. The molecular formula is C22H29N5O3. The van der Waals surface area contributed by atoms with Crippen molar-refractivity contribution in [1.29, 1.82) is 0 Å². The zero-order chi connectivity index (χ0) is 21.2. The molecule has 1 aliphatic rings. The van der Waals surface area contributed by atoms with Crippen molar-refractivity contribution >= 4 is 17.3 Å². The van der Waals surface area contributed by atoms with Gasteiger partial charge in [-0.2, -0.15) is 0 Å². The molecule has 0 radical (unpaired) electrons. The molecule has 0 spiro atoms. The van der Waals surface area contributed by atoms with Gasteiger partial charge >= 0.3 is 0 Å². The van der Waals surface area contributed by atoms with Crippen LogP contribution in [0.4, 0.5) is 11.4 Å². The molecule has 8 nitrogen and oxygen atoms in total. The largest absolute Gasteiger partial charge is 0.383 e. The zero-order valence-electron chi connectivity index (χ0n) is 17.3. The number of benzene rings is 2. The number of guanidine groups is 1. The Hall–Kier alpha value is -3.13. The number of nitro groups is 1. The van der Waals surface area contributed by atoms with Crippen LogP contribution in [0, 0.1) is 16.0 Å². The van der Waals surface area contributed by atoms with E-state index in [1.165, 1.54) is 17.7 Å². The third-order valence-electron chi connectivity index (χ3n) is 5.08. The molecule has 160 valence electrons. The molecule has 2 N–H and O–H groups in total. The number of hydrogen-bond donors (Lipinski definition) is 2. The van der Waals surface area contributed by atoms with Crippen LogP contribution in [0.25, 0.3) is 0 Å². The van der Waals surface area contributed by atoms with Crippen molar-refractivity contribution in [3.05, 3.63) is 70.3 Å².